The first-order chi connectivity index (χ1) is 32.7. The molecule has 0 atom stereocenters. The van der Waals surface area contributed by atoms with Crippen molar-refractivity contribution >= 4 is 109 Å². The molecular formula is C62H40N2OS. The summed E-state index contributed by atoms with van der Waals surface area (Å²) in [5.41, 5.74) is 12.9. The Morgan fingerprint density at radius 2 is 0.788 bits per heavy atom. The van der Waals surface area contributed by atoms with Crippen molar-refractivity contribution in [2.45, 2.75) is 0 Å². The maximum absolute atomic E-state index is 7.14. The molecule has 0 saturated heterocycles. The van der Waals surface area contributed by atoms with Gasteiger partial charge in [0.2, 0.25) is 0 Å². The lowest BCUT2D eigenvalue weighted by Crippen LogP contribution is -2.11. The van der Waals surface area contributed by atoms with E-state index < -0.39 is 0 Å². The van der Waals surface area contributed by atoms with Crippen molar-refractivity contribution in [1.29, 1.82) is 0 Å². The molecule has 13 aromatic rings. The molecule has 0 aliphatic rings. The largest absolute Gasteiger partial charge is 0.455 e. The van der Waals surface area contributed by atoms with Gasteiger partial charge in [-0.2, -0.15) is 0 Å². The van der Waals surface area contributed by atoms with Gasteiger partial charge in [-0.1, -0.05) is 158 Å². The van der Waals surface area contributed by atoms with Gasteiger partial charge in [0.05, 0.1) is 11.4 Å². The van der Waals surface area contributed by atoms with Crippen LogP contribution in [0.1, 0.15) is 0 Å². The molecule has 2 heterocycles. The summed E-state index contributed by atoms with van der Waals surface area (Å²) >= 11 is 1.85. The topological polar surface area (TPSA) is 19.6 Å². The standard InChI is InChI=1S/C62H40N2OS/c1-4-18-41(19-5-1)47-24-12-15-29-56(47)63(43-22-8-3-9-23-43)46-33-36-53-58(40-46)65-62-52-35-32-44(38-54(52)49-26-10-11-28-51(49)61(53)62)64(57-30-16-13-25-48(57)42-20-6-2-7-21-42)45-34-37-60-55(39-45)50-27-14-17-31-59(50)66-60/h1-40H. The molecule has 0 amide bonds. The van der Waals surface area contributed by atoms with Gasteiger partial charge in [-0.25, -0.2) is 0 Å². The monoisotopic (exact) mass is 860 g/mol. The summed E-state index contributed by atoms with van der Waals surface area (Å²) in [5.74, 6) is 0. The van der Waals surface area contributed by atoms with Crippen LogP contribution in [-0.2, 0) is 0 Å². The van der Waals surface area contributed by atoms with Crippen LogP contribution in [0.25, 0.3) is 85.9 Å². The summed E-state index contributed by atoms with van der Waals surface area (Å²) in [5, 5.41) is 9.34. The van der Waals surface area contributed by atoms with Gasteiger partial charge in [-0.05, 0) is 106 Å². The molecule has 310 valence electrons. The fraction of sp³-hybridized carbons (Fsp3) is 0. The van der Waals surface area contributed by atoms with Crippen molar-refractivity contribution in [3.63, 3.8) is 0 Å². The molecular weight excluding hydrogens is 821 g/mol. The first kappa shape index (κ1) is 38.1. The van der Waals surface area contributed by atoms with Gasteiger partial charge >= 0.3 is 0 Å². The highest BCUT2D eigenvalue weighted by molar-refractivity contribution is 7.25. The molecule has 0 saturated carbocycles. The van der Waals surface area contributed by atoms with Crippen molar-refractivity contribution in [2.75, 3.05) is 9.80 Å². The van der Waals surface area contributed by atoms with E-state index in [0.717, 1.165) is 78.0 Å². The van der Waals surface area contributed by atoms with Crippen LogP contribution in [0.3, 0.4) is 0 Å². The van der Waals surface area contributed by atoms with Gasteiger partial charge in [0.25, 0.3) is 0 Å². The minimum Gasteiger partial charge on any atom is -0.455 e. The third kappa shape index (κ3) is 6.26. The van der Waals surface area contributed by atoms with Crippen LogP contribution in [0, 0.1) is 0 Å². The molecule has 3 nitrogen and oxygen atoms in total. The molecule has 0 aliphatic carbocycles. The molecule has 0 spiro atoms. The van der Waals surface area contributed by atoms with Crippen molar-refractivity contribution in [1.82, 2.24) is 0 Å². The number of nitrogens with zero attached hydrogens (tertiary/aromatic N) is 2. The van der Waals surface area contributed by atoms with E-state index in [1.54, 1.807) is 0 Å². The Morgan fingerprint density at radius 3 is 1.47 bits per heavy atom. The summed E-state index contributed by atoms with van der Waals surface area (Å²) in [6.07, 6.45) is 0. The second-order valence-corrected chi connectivity index (χ2v) is 17.9. The SMILES string of the molecule is c1ccc(-c2ccccc2N(c2ccccc2)c2ccc3c(c2)oc2c4ccc(N(c5ccc6sc7ccccc7c6c5)c5ccccc5-c5ccccc5)cc4c4ccccc4c32)cc1. The number of benzene rings is 11. The van der Waals surface area contributed by atoms with Crippen LogP contribution >= 0.6 is 11.3 Å². The number of para-hydroxylation sites is 3. The lowest BCUT2D eigenvalue weighted by molar-refractivity contribution is 0.673. The Bertz CT molecular complexity index is 3950. The Balaban J connectivity index is 1.02. The van der Waals surface area contributed by atoms with Crippen LogP contribution in [-0.4, -0.2) is 0 Å². The van der Waals surface area contributed by atoms with E-state index in [9.17, 15) is 0 Å². The van der Waals surface area contributed by atoms with E-state index in [2.05, 4.69) is 252 Å². The molecule has 0 bridgehead atoms. The van der Waals surface area contributed by atoms with E-state index >= 15 is 0 Å². The highest BCUT2D eigenvalue weighted by atomic mass is 32.1. The number of furan rings is 1. The Kier molecular flexibility index (Phi) is 9.03. The van der Waals surface area contributed by atoms with Crippen molar-refractivity contribution in [3.8, 4) is 22.3 Å². The zero-order valence-corrected chi connectivity index (χ0v) is 36.6. The quantitative estimate of drug-likeness (QED) is 0.142. The summed E-state index contributed by atoms with van der Waals surface area (Å²) < 4.78 is 9.72. The van der Waals surface area contributed by atoms with Gasteiger partial charge in [-0.15, -0.1) is 11.3 Å². The Morgan fingerprint density at radius 1 is 0.303 bits per heavy atom. The average Bonchev–Trinajstić information content (AvgIpc) is 3.96. The van der Waals surface area contributed by atoms with Crippen LogP contribution in [0.2, 0.25) is 0 Å². The smallest absolute Gasteiger partial charge is 0.143 e. The van der Waals surface area contributed by atoms with Crippen molar-refractivity contribution < 1.29 is 4.42 Å². The summed E-state index contributed by atoms with van der Waals surface area (Å²) in [4.78, 5) is 4.78. The van der Waals surface area contributed by atoms with Gasteiger partial charge in [0.15, 0.2) is 0 Å². The minimum atomic E-state index is 0.844. The molecule has 4 heteroatoms. The average molecular weight is 861 g/mol. The molecule has 66 heavy (non-hydrogen) atoms. The second kappa shape index (κ2) is 15.7. The number of fused-ring (bicyclic) bond motifs is 11. The van der Waals surface area contributed by atoms with E-state index in [1.165, 1.54) is 42.1 Å². The van der Waals surface area contributed by atoms with Gasteiger partial charge in [0, 0.05) is 76.3 Å². The maximum atomic E-state index is 7.14. The van der Waals surface area contributed by atoms with Gasteiger partial charge in [0.1, 0.15) is 11.2 Å². The number of hydrogen-bond acceptors (Lipinski definition) is 4. The van der Waals surface area contributed by atoms with Crippen LogP contribution in [0.15, 0.2) is 247 Å². The van der Waals surface area contributed by atoms with Crippen LogP contribution in [0.4, 0.5) is 34.1 Å². The predicted molar refractivity (Wildman–Crippen MR) is 282 cm³/mol. The van der Waals surface area contributed by atoms with E-state index in [1.807, 2.05) is 11.3 Å². The zero-order chi connectivity index (χ0) is 43.6. The van der Waals surface area contributed by atoms with Gasteiger partial charge in [-0.3, -0.25) is 0 Å². The third-order valence-electron chi connectivity index (χ3n) is 13.0. The maximum Gasteiger partial charge on any atom is 0.143 e. The Hall–Kier alpha value is -8.44. The molecule has 0 aliphatic heterocycles. The van der Waals surface area contributed by atoms with Crippen LogP contribution < -0.4 is 9.80 Å². The second-order valence-electron chi connectivity index (χ2n) is 16.8. The van der Waals surface area contributed by atoms with Crippen molar-refractivity contribution in [2.24, 2.45) is 0 Å². The van der Waals surface area contributed by atoms with E-state index in [0.29, 0.717) is 0 Å². The fourth-order valence-electron chi connectivity index (χ4n) is 10.1. The van der Waals surface area contributed by atoms with E-state index in [4.69, 9.17) is 4.42 Å². The summed E-state index contributed by atoms with van der Waals surface area (Å²) in [7, 11) is 0. The molecule has 0 unspecified atom stereocenters. The Labute approximate surface area is 386 Å². The highest BCUT2D eigenvalue weighted by Gasteiger charge is 2.23. The molecule has 2 aromatic heterocycles. The highest BCUT2D eigenvalue weighted by Crippen LogP contribution is 2.48. The summed E-state index contributed by atoms with van der Waals surface area (Å²) in [6, 6.07) is 87.4. The number of hydrogen-bond donors (Lipinski definition) is 0. The summed E-state index contributed by atoms with van der Waals surface area (Å²) in [6.45, 7) is 0. The molecule has 0 radical (unpaired) electrons. The lowest BCUT2D eigenvalue weighted by Gasteiger charge is -2.28. The zero-order valence-electron chi connectivity index (χ0n) is 35.8. The third-order valence-corrected chi connectivity index (χ3v) is 14.2. The number of anilines is 6. The molecule has 0 N–H and O–H groups in total. The normalized spacial score (nSPS) is 11.6. The lowest BCUT2D eigenvalue weighted by atomic mass is 9.95. The van der Waals surface area contributed by atoms with Crippen LogP contribution in [0.5, 0.6) is 0 Å². The number of rotatable bonds is 8. The van der Waals surface area contributed by atoms with Gasteiger partial charge < -0.3 is 14.2 Å². The first-order valence-electron chi connectivity index (χ1n) is 22.4. The fourth-order valence-corrected chi connectivity index (χ4v) is 11.1. The number of thiophene rings is 1. The molecule has 11 aromatic carbocycles. The molecule has 0 fully saturated rings. The van der Waals surface area contributed by atoms with Crippen molar-refractivity contribution in [3.05, 3.63) is 243 Å². The van der Waals surface area contributed by atoms with E-state index in [-0.39, 0.29) is 0 Å². The predicted octanol–water partition coefficient (Wildman–Crippen LogP) is 18.5. The molecule has 13 rings (SSSR count). The minimum absolute atomic E-state index is 0.844. The first-order valence-corrected chi connectivity index (χ1v) is 23.2.